The Morgan fingerprint density at radius 3 is 2.82 bits per heavy atom. The Morgan fingerprint density at radius 2 is 2.29 bits per heavy atom. The number of hydrogen-bond acceptors (Lipinski definition) is 2. The van der Waals surface area contributed by atoms with Crippen LogP contribution in [-0.2, 0) is 0 Å². The van der Waals surface area contributed by atoms with E-state index in [2.05, 4.69) is 19.2 Å². The van der Waals surface area contributed by atoms with Crippen LogP contribution in [-0.4, -0.2) is 23.4 Å². The van der Waals surface area contributed by atoms with E-state index in [0.717, 1.165) is 12.8 Å². The zero-order valence-electron chi connectivity index (χ0n) is 9.40. The van der Waals surface area contributed by atoms with Crippen molar-refractivity contribution in [3.63, 3.8) is 0 Å². The Morgan fingerprint density at radius 1 is 1.59 bits per heavy atom. The van der Waals surface area contributed by atoms with E-state index in [1.807, 2.05) is 0 Å². The number of rotatable bonds is 4. The summed E-state index contributed by atoms with van der Waals surface area (Å²) in [5, 5.41) is 0. The summed E-state index contributed by atoms with van der Waals surface area (Å²) in [4.78, 5) is 14.2. The van der Waals surface area contributed by atoms with Crippen LogP contribution in [0, 0.1) is 5.82 Å². The first-order valence-electron chi connectivity index (χ1n) is 5.54. The van der Waals surface area contributed by atoms with Gasteiger partial charge >= 0.3 is 0 Å². The molecule has 0 atom stereocenters. The van der Waals surface area contributed by atoms with Gasteiger partial charge in [-0.3, -0.25) is 4.79 Å². The molecule has 0 unspecified atom stereocenters. The van der Waals surface area contributed by atoms with E-state index in [1.165, 1.54) is 18.2 Å². The Balaban J connectivity index is 2.21. The first-order valence-corrected chi connectivity index (χ1v) is 5.98. The predicted molar refractivity (Wildman–Crippen MR) is 67.9 cm³/mol. The molecule has 4 heteroatoms. The second-order valence-electron chi connectivity index (χ2n) is 4.14. The van der Waals surface area contributed by atoms with Crippen LogP contribution in [0.25, 0.3) is 0 Å². The summed E-state index contributed by atoms with van der Waals surface area (Å²) in [6.45, 7) is 4.18. The van der Waals surface area contributed by atoms with Crippen LogP contribution in [0.4, 0.5) is 4.39 Å². The van der Waals surface area contributed by atoms with Gasteiger partial charge in [0.25, 0.3) is 5.91 Å². The molecule has 0 aliphatic heterocycles. The molecule has 2 nitrogen and oxygen atoms in total. The average Bonchev–Trinajstić information content (AvgIpc) is 3.13. The molecule has 1 aromatic rings. The van der Waals surface area contributed by atoms with E-state index >= 15 is 0 Å². The number of benzene rings is 1. The molecule has 1 saturated carbocycles. The van der Waals surface area contributed by atoms with Crippen LogP contribution in [0.15, 0.2) is 35.7 Å². The highest BCUT2D eigenvalue weighted by Gasteiger charge is 2.32. The molecular weight excluding hydrogens is 237 g/mol. The molecule has 1 aliphatic carbocycles. The van der Waals surface area contributed by atoms with Crippen molar-refractivity contribution in [2.45, 2.75) is 23.8 Å². The molecule has 0 heterocycles. The molecule has 0 radical (unpaired) electrons. The minimum Gasteiger partial charge on any atom is -0.332 e. The number of thiol groups is 1. The van der Waals surface area contributed by atoms with Crippen LogP contribution in [0.3, 0.4) is 0 Å². The van der Waals surface area contributed by atoms with Crippen LogP contribution in [0.1, 0.15) is 23.2 Å². The normalized spacial score (nSPS) is 14.5. The summed E-state index contributed by atoms with van der Waals surface area (Å²) in [6.07, 6.45) is 3.78. The number of carbonyl (C=O) groups excluding carboxylic acids is 1. The van der Waals surface area contributed by atoms with Gasteiger partial charge in [0.1, 0.15) is 5.82 Å². The lowest BCUT2D eigenvalue weighted by Crippen LogP contribution is -2.33. The standard InChI is InChI=1S/C13H14FNOS/c1-2-7-15(10-4-5-10)13(16)9-3-6-11(14)12(17)8-9/h2-3,6,8,10,17H,1,4-5,7H2. The topological polar surface area (TPSA) is 20.3 Å². The molecule has 0 spiro atoms. The molecule has 90 valence electrons. The lowest BCUT2D eigenvalue weighted by molar-refractivity contribution is 0.0762. The predicted octanol–water partition coefficient (Wildman–Crippen LogP) is 2.91. The van der Waals surface area contributed by atoms with Gasteiger partial charge < -0.3 is 4.90 Å². The summed E-state index contributed by atoms with van der Waals surface area (Å²) in [7, 11) is 0. The fourth-order valence-electron chi connectivity index (χ4n) is 1.73. The molecule has 0 N–H and O–H groups in total. The van der Waals surface area contributed by atoms with E-state index < -0.39 is 5.82 Å². The van der Waals surface area contributed by atoms with Crippen molar-refractivity contribution < 1.29 is 9.18 Å². The summed E-state index contributed by atoms with van der Waals surface area (Å²) in [5.74, 6) is -0.491. The Kier molecular flexibility index (Phi) is 3.52. The van der Waals surface area contributed by atoms with Crippen LogP contribution < -0.4 is 0 Å². The van der Waals surface area contributed by atoms with Gasteiger partial charge in [-0.2, -0.15) is 0 Å². The largest absolute Gasteiger partial charge is 0.332 e. The number of nitrogens with zero attached hydrogens (tertiary/aromatic N) is 1. The van der Waals surface area contributed by atoms with Gasteiger partial charge in [0.15, 0.2) is 0 Å². The molecule has 17 heavy (non-hydrogen) atoms. The first kappa shape index (κ1) is 12.2. The van der Waals surface area contributed by atoms with E-state index in [4.69, 9.17) is 0 Å². The van der Waals surface area contributed by atoms with Crippen molar-refractivity contribution in [1.29, 1.82) is 0 Å². The van der Waals surface area contributed by atoms with E-state index in [9.17, 15) is 9.18 Å². The lowest BCUT2D eigenvalue weighted by atomic mass is 10.2. The first-order chi connectivity index (χ1) is 8.13. The zero-order valence-corrected chi connectivity index (χ0v) is 10.3. The second-order valence-corrected chi connectivity index (χ2v) is 4.63. The van der Waals surface area contributed by atoms with E-state index in [-0.39, 0.29) is 10.8 Å². The molecule has 0 saturated heterocycles. The highest BCUT2D eigenvalue weighted by atomic mass is 32.1. The third-order valence-electron chi connectivity index (χ3n) is 2.77. The maximum absolute atomic E-state index is 13.1. The third-order valence-corrected chi connectivity index (χ3v) is 3.11. The monoisotopic (exact) mass is 251 g/mol. The molecular formula is C13H14FNOS. The summed E-state index contributed by atoms with van der Waals surface area (Å²) in [6, 6.07) is 4.55. The van der Waals surface area contributed by atoms with Gasteiger partial charge in [0, 0.05) is 23.0 Å². The summed E-state index contributed by atoms with van der Waals surface area (Å²) >= 11 is 3.98. The number of carbonyl (C=O) groups is 1. The molecule has 0 bridgehead atoms. The summed E-state index contributed by atoms with van der Waals surface area (Å²) < 4.78 is 13.1. The fraction of sp³-hybridized carbons (Fsp3) is 0.308. The molecule has 1 amide bonds. The molecule has 1 aromatic carbocycles. The second kappa shape index (κ2) is 4.92. The SMILES string of the molecule is C=CCN(C(=O)c1ccc(F)c(S)c1)C1CC1. The maximum atomic E-state index is 13.1. The van der Waals surface area contributed by atoms with Crippen molar-refractivity contribution in [3.05, 3.63) is 42.2 Å². The van der Waals surface area contributed by atoms with E-state index in [0.29, 0.717) is 18.2 Å². The number of halogens is 1. The van der Waals surface area contributed by atoms with Crippen molar-refractivity contribution in [2.24, 2.45) is 0 Å². The maximum Gasteiger partial charge on any atom is 0.254 e. The quantitative estimate of drug-likeness (QED) is 0.644. The van der Waals surface area contributed by atoms with Crippen molar-refractivity contribution in [1.82, 2.24) is 4.90 Å². The Bertz CT molecular complexity index is 457. The van der Waals surface area contributed by atoms with Gasteiger partial charge in [-0.1, -0.05) is 6.08 Å². The zero-order chi connectivity index (χ0) is 12.4. The average molecular weight is 251 g/mol. The summed E-state index contributed by atoms with van der Waals surface area (Å²) in [5.41, 5.74) is 0.477. The third kappa shape index (κ3) is 2.69. The van der Waals surface area contributed by atoms with Gasteiger partial charge in [-0.25, -0.2) is 4.39 Å². The Labute approximate surface area is 106 Å². The minimum atomic E-state index is -0.411. The minimum absolute atomic E-state index is 0.0808. The van der Waals surface area contributed by atoms with Crippen molar-refractivity contribution in [2.75, 3.05) is 6.54 Å². The highest BCUT2D eigenvalue weighted by molar-refractivity contribution is 7.80. The number of hydrogen-bond donors (Lipinski definition) is 1. The molecule has 1 aliphatic rings. The van der Waals surface area contributed by atoms with Gasteiger partial charge in [-0.05, 0) is 31.0 Å². The molecule has 1 fully saturated rings. The van der Waals surface area contributed by atoms with Crippen LogP contribution >= 0.6 is 12.6 Å². The smallest absolute Gasteiger partial charge is 0.254 e. The Hall–Kier alpha value is -1.29. The van der Waals surface area contributed by atoms with Crippen molar-refractivity contribution >= 4 is 18.5 Å². The van der Waals surface area contributed by atoms with E-state index in [1.54, 1.807) is 11.0 Å². The number of amides is 1. The van der Waals surface area contributed by atoms with Gasteiger partial charge in [0.05, 0.1) is 0 Å². The molecule has 0 aromatic heterocycles. The lowest BCUT2D eigenvalue weighted by Gasteiger charge is -2.20. The van der Waals surface area contributed by atoms with Crippen LogP contribution in [0.2, 0.25) is 0 Å². The highest BCUT2D eigenvalue weighted by Crippen LogP contribution is 2.28. The van der Waals surface area contributed by atoms with Crippen LogP contribution in [0.5, 0.6) is 0 Å². The fourth-order valence-corrected chi connectivity index (χ4v) is 1.95. The van der Waals surface area contributed by atoms with Gasteiger partial charge in [0.2, 0.25) is 0 Å². The van der Waals surface area contributed by atoms with Crippen molar-refractivity contribution in [3.8, 4) is 0 Å². The molecule has 2 rings (SSSR count). The van der Waals surface area contributed by atoms with Gasteiger partial charge in [-0.15, -0.1) is 19.2 Å².